The number of hydrogen-bond acceptors (Lipinski definition) is 10. The Hall–Kier alpha value is -1.14. The average Bonchev–Trinajstić information content (AvgIpc) is 2.38. The van der Waals surface area contributed by atoms with E-state index in [4.69, 9.17) is 30.6 Å². The molecule has 1 fully saturated rings. The van der Waals surface area contributed by atoms with E-state index in [1.807, 2.05) is 0 Å². The second-order valence-corrected chi connectivity index (χ2v) is 3.80. The molecule has 1 saturated heterocycles. The molecule has 1 rings (SSSR count). The van der Waals surface area contributed by atoms with Crippen LogP contribution < -0.4 is 21.3 Å². The van der Waals surface area contributed by atoms with Gasteiger partial charge in [0.1, 0.15) is 0 Å². The minimum absolute atomic E-state index is 0. The normalized spacial score (nSPS) is 16.4. The molecule has 0 aliphatic carbocycles. The Morgan fingerprint density at radius 2 is 0.727 bits per heavy atom. The van der Waals surface area contributed by atoms with Crippen molar-refractivity contribution in [1.29, 1.82) is 0 Å². The average molecular weight is 376 g/mol. The molecule has 13 heteroatoms. The summed E-state index contributed by atoms with van der Waals surface area (Å²) < 4.78 is 0. The third-order valence-corrected chi connectivity index (χ3v) is 2.14. The van der Waals surface area contributed by atoms with Gasteiger partial charge in [0.25, 0.3) is 0 Å². The summed E-state index contributed by atoms with van der Waals surface area (Å²) in [4.78, 5) is 16.5. The zero-order chi connectivity index (χ0) is 16.3. The predicted octanol–water partition coefficient (Wildman–Crippen LogP) is -1.73. The van der Waals surface area contributed by atoms with Gasteiger partial charge in [0.05, 0.1) is 10.2 Å². The SMILES string of the molecule is C1CNCCNCCNCCNC1.O=[N+]([O-])[O-].O=[N+]([O-])[O-].[Zn+2]. The Kier molecular flexibility index (Phi) is 26.0. The zero-order valence-corrected chi connectivity index (χ0v) is 15.4. The summed E-state index contributed by atoms with van der Waals surface area (Å²) >= 11 is 0. The summed E-state index contributed by atoms with van der Waals surface area (Å²) in [5.74, 6) is 0. The van der Waals surface area contributed by atoms with Gasteiger partial charge in [-0.15, -0.1) is 0 Å². The number of rotatable bonds is 0. The molecule has 0 unspecified atom stereocenters. The summed E-state index contributed by atoms with van der Waals surface area (Å²) in [6, 6.07) is 0. The van der Waals surface area contributed by atoms with Crippen LogP contribution in [0.25, 0.3) is 0 Å². The standard InChI is InChI=1S/C9H22N4.2NO3.Zn/c1-2-10-4-6-12-8-9-13-7-5-11-3-1;2*2-1(3)4;/h10-13H,1-9H2;;;/q;2*-1;+2. The first-order valence-corrected chi connectivity index (χ1v) is 6.42. The molecule has 0 radical (unpaired) electrons. The number of nitrogens with one attached hydrogen (secondary N) is 4. The molecule has 1 heterocycles. The topological polar surface area (TPSA) is 181 Å². The molecule has 0 aromatic heterocycles. The molecule has 0 saturated carbocycles. The largest absolute Gasteiger partial charge is 2.00 e. The van der Waals surface area contributed by atoms with Crippen molar-refractivity contribution in [1.82, 2.24) is 21.3 Å². The molecule has 126 valence electrons. The summed E-state index contributed by atoms with van der Waals surface area (Å²) in [6.45, 7) is 8.72. The number of nitrogens with zero attached hydrogens (tertiary/aromatic N) is 2. The van der Waals surface area contributed by atoms with Crippen LogP contribution in [-0.4, -0.2) is 62.5 Å². The molecule has 12 nitrogen and oxygen atoms in total. The maximum atomic E-state index is 8.25. The van der Waals surface area contributed by atoms with Crippen molar-refractivity contribution in [2.24, 2.45) is 0 Å². The van der Waals surface area contributed by atoms with E-state index in [0.29, 0.717) is 0 Å². The second kappa shape index (κ2) is 22.1. The molecule has 0 atom stereocenters. The Morgan fingerprint density at radius 1 is 0.545 bits per heavy atom. The van der Waals surface area contributed by atoms with E-state index in [9.17, 15) is 0 Å². The van der Waals surface area contributed by atoms with Gasteiger partial charge in [-0.05, 0) is 19.5 Å². The van der Waals surface area contributed by atoms with Crippen LogP contribution in [0.2, 0.25) is 0 Å². The Morgan fingerprint density at radius 3 is 0.955 bits per heavy atom. The van der Waals surface area contributed by atoms with E-state index in [1.165, 1.54) is 6.42 Å². The van der Waals surface area contributed by atoms with Gasteiger partial charge in [-0.1, -0.05) is 0 Å². The fourth-order valence-electron chi connectivity index (χ4n) is 1.37. The van der Waals surface area contributed by atoms with Crippen LogP contribution in [0.4, 0.5) is 0 Å². The molecule has 0 aromatic rings. The minimum atomic E-state index is -1.75. The van der Waals surface area contributed by atoms with E-state index >= 15 is 0 Å². The van der Waals surface area contributed by atoms with Crippen LogP contribution in [-0.2, 0) is 19.5 Å². The summed E-state index contributed by atoms with van der Waals surface area (Å²) in [5.41, 5.74) is 0. The van der Waals surface area contributed by atoms with Crippen molar-refractivity contribution in [2.75, 3.05) is 52.4 Å². The first kappa shape index (κ1) is 25.8. The van der Waals surface area contributed by atoms with Crippen molar-refractivity contribution in [3.63, 3.8) is 0 Å². The number of hydrogen-bond donors (Lipinski definition) is 4. The molecular weight excluding hydrogens is 354 g/mol. The van der Waals surface area contributed by atoms with Gasteiger partial charge in [0.2, 0.25) is 0 Å². The van der Waals surface area contributed by atoms with Crippen LogP contribution in [0, 0.1) is 30.6 Å². The predicted molar refractivity (Wildman–Crippen MR) is 76.8 cm³/mol. The van der Waals surface area contributed by atoms with Crippen LogP contribution in [0.3, 0.4) is 0 Å². The third-order valence-electron chi connectivity index (χ3n) is 2.14. The van der Waals surface area contributed by atoms with Crippen LogP contribution in [0.1, 0.15) is 6.42 Å². The van der Waals surface area contributed by atoms with Gasteiger partial charge < -0.3 is 51.9 Å². The van der Waals surface area contributed by atoms with Crippen molar-refractivity contribution in [3.8, 4) is 0 Å². The van der Waals surface area contributed by atoms with Crippen molar-refractivity contribution in [2.45, 2.75) is 6.42 Å². The summed E-state index contributed by atoms with van der Waals surface area (Å²) in [6.07, 6.45) is 1.22. The monoisotopic (exact) mass is 374 g/mol. The first-order chi connectivity index (χ1) is 9.96. The molecule has 0 amide bonds. The van der Waals surface area contributed by atoms with Gasteiger partial charge >= 0.3 is 19.5 Å². The van der Waals surface area contributed by atoms with Crippen LogP contribution in [0.5, 0.6) is 0 Å². The molecule has 0 bridgehead atoms. The zero-order valence-electron chi connectivity index (χ0n) is 12.4. The molecule has 1 aliphatic heterocycles. The maximum Gasteiger partial charge on any atom is 2.00 e. The van der Waals surface area contributed by atoms with E-state index in [0.717, 1.165) is 52.4 Å². The van der Waals surface area contributed by atoms with Crippen LogP contribution in [0.15, 0.2) is 0 Å². The van der Waals surface area contributed by atoms with Gasteiger partial charge in [0.15, 0.2) is 0 Å². The second-order valence-electron chi connectivity index (χ2n) is 3.80. The fourth-order valence-corrected chi connectivity index (χ4v) is 1.37. The smallest absolute Gasteiger partial charge is 0.356 e. The Balaban J connectivity index is -0.000000338. The molecule has 0 aromatic carbocycles. The van der Waals surface area contributed by atoms with Crippen molar-refractivity contribution in [3.05, 3.63) is 30.6 Å². The quantitative estimate of drug-likeness (QED) is 0.216. The summed E-state index contributed by atoms with van der Waals surface area (Å²) in [5, 5.41) is 43.1. The molecule has 4 N–H and O–H groups in total. The third kappa shape index (κ3) is 42.8. The minimum Gasteiger partial charge on any atom is -0.356 e. The van der Waals surface area contributed by atoms with Crippen molar-refractivity contribution < 1.29 is 29.7 Å². The van der Waals surface area contributed by atoms with Gasteiger partial charge in [-0.2, -0.15) is 0 Å². The van der Waals surface area contributed by atoms with E-state index in [-0.39, 0.29) is 19.5 Å². The molecule has 1 aliphatic rings. The van der Waals surface area contributed by atoms with Gasteiger partial charge in [-0.25, -0.2) is 0 Å². The van der Waals surface area contributed by atoms with Crippen molar-refractivity contribution >= 4 is 0 Å². The molecule has 0 spiro atoms. The molecular formula is C9H22N6O6Zn. The van der Waals surface area contributed by atoms with Gasteiger partial charge in [0, 0.05) is 39.3 Å². The Labute approximate surface area is 141 Å². The first-order valence-electron chi connectivity index (χ1n) is 6.42. The summed E-state index contributed by atoms with van der Waals surface area (Å²) in [7, 11) is 0. The van der Waals surface area contributed by atoms with Gasteiger partial charge in [-0.3, -0.25) is 0 Å². The van der Waals surface area contributed by atoms with Crippen LogP contribution >= 0.6 is 0 Å². The molecule has 22 heavy (non-hydrogen) atoms. The Bertz CT molecular complexity index is 195. The van der Waals surface area contributed by atoms with E-state index < -0.39 is 10.2 Å². The maximum absolute atomic E-state index is 8.25. The van der Waals surface area contributed by atoms with E-state index in [2.05, 4.69) is 21.3 Å². The fraction of sp³-hybridized carbons (Fsp3) is 1.00. The van der Waals surface area contributed by atoms with E-state index in [1.54, 1.807) is 0 Å².